The van der Waals surface area contributed by atoms with Crippen LogP contribution in [0.4, 0.5) is 14.5 Å². The predicted molar refractivity (Wildman–Crippen MR) is 89.0 cm³/mol. The Morgan fingerprint density at radius 1 is 1.12 bits per heavy atom. The van der Waals surface area contributed by atoms with Gasteiger partial charge in [0.05, 0.1) is 17.2 Å². The summed E-state index contributed by atoms with van der Waals surface area (Å²) in [4.78, 5) is 11.6. The molecule has 0 spiro atoms. The molecule has 2 aromatic carbocycles. The second kappa shape index (κ2) is 7.79. The molecule has 0 aliphatic rings. The Kier molecular flexibility index (Phi) is 5.97. The summed E-state index contributed by atoms with van der Waals surface area (Å²) in [5.41, 5.74) is -0.207. The minimum atomic E-state index is -4.23. The van der Waals surface area contributed by atoms with Gasteiger partial charge in [0.25, 0.3) is 10.0 Å². The Labute approximate surface area is 148 Å². The number of carbonyl (C=O) groups excluding carboxylic acids is 1. The molecule has 0 fully saturated rings. The van der Waals surface area contributed by atoms with E-state index in [1.54, 1.807) is 6.92 Å². The summed E-state index contributed by atoms with van der Waals surface area (Å²) in [6, 6.07) is 7.75. The third-order valence-electron chi connectivity index (χ3n) is 3.17. The molecule has 0 unspecified atom stereocenters. The smallest absolute Gasteiger partial charge is 0.326 e. The molecule has 0 atom stereocenters. The average molecular weight is 390 g/mol. The average Bonchev–Trinajstić information content (AvgIpc) is 2.56. The SMILES string of the molecule is CCOC(=O)CN(c1ccc(F)c(F)c1)S(=O)(=O)c1ccc(Cl)cc1. The molecule has 0 N–H and O–H groups in total. The maximum atomic E-state index is 13.5. The fourth-order valence-corrected chi connectivity index (χ4v) is 3.54. The van der Waals surface area contributed by atoms with Gasteiger partial charge < -0.3 is 4.74 Å². The zero-order valence-corrected chi connectivity index (χ0v) is 14.7. The number of benzene rings is 2. The highest BCUT2D eigenvalue weighted by Crippen LogP contribution is 2.26. The molecule has 0 radical (unpaired) electrons. The van der Waals surface area contributed by atoms with Gasteiger partial charge in [0.2, 0.25) is 0 Å². The Bertz CT molecular complexity index is 872. The fraction of sp³-hybridized carbons (Fsp3) is 0.188. The van der Waals surface area contributed by atoms with E-state index in [1.807, 2.05) is 0 Å². The summed E-state index contributed by atoms with van der Waals surface area (Å²) in [6.45, 7) is 0.919. The molecule has 0 aromatic heterocycles. The second-order valence-corrected chi connectivity index (χ2v) is 7.17. The minimum Gasteiger partial charge on any atom is -0.465 e. The maximum absolute atomic E-state index is 13.5. The first-order valence-corrected chi connectivity index (χ1v) is 8.96. The molecule has 9 heteroatoms. The van der Waals surface area contributed by atoms with Crippen LogP contribution in [-0.4, -0.2) is 27.5 Å². The van der Waals surface area contributed by atoms with Crippen LogP contribution in [0, 0.1) is 11.6 Å². The van der Waals surface area contributed by atoms with Crippen LogP contribution in [-0.2, 0) is 19.6 Å². The van der Waals surface area contributed by atoms with E-state index in [-0.39, 0.29) is 17.2 Å². The number of esters is 1. The van der Waals surface area contributed by atoms with Gasteiger partial charge in [-0.2, -0.15) is 0 Å². The van der Waals surface area contributed by atoms with E-state index in [2.05, 4.69) is 0 Å². The topological polar surface area (TPSA) is 63.7 Å². The highest BCUT2D eigenvalue weighted by Gasteiger charge is 2.28. The maximum Gasteiger partial charge on any atom is 0.326 e. The summed E-state index contributed by atoms with van der Waals surface area (Å²) < 4.78 is 57.8. The lowest BCUT2D eigenvalue weighted by atomic mass is 10.3. The lowest BCUT2D eigenvalue weighted by Gasteiger charge is -2.23. The molecular formula is C16H14ClF2NO4S. The lowest BCUT2D eigenvalue weighted by Crippen LogP contribution is -2.36. The first kappa shape index (κ1) is 19.1. The molecule has 0 aliphatic carbocycles. The summed E-state index contributed by atoms with van der Waals surface area (Å²) in [6.07, 6.45) is 0. The Hall–Kier alpha value is -2.19. The Morgan fingerprint density at radius 2 is 1.76 bits per heavy atom. The molecule has 0 aliphatic heterocycles. The number of carbonyl (C=O) groups is 1. The molecule has 25 heavy (non-hydrogen) atoms. The van der Waals surface area contributed by atoms with Crippen molar-refractivity contribution < 1.29 is 26.7 Å². The van der Waals surface area contributed by atoms with Crippen LogP contribution in [0.2, 0.25) is 5.02 Å². The number of sulfonamides is 1. The number of rotatable bonds is 6. The van der Waals surface area contributed by atoms with Gasteiger partial charge in [-0.05, 0) is 43.3 Å². The van der Waals surface area contributed by atoms with E-state index in [1.165, 1.54) is 24.3 Å². The van der Waals surface area contributed by atoms with E-state index < -0.39 is 34.2 Å². The zero-order chi connectivity index (χ0) is 18.6. The quantitative estimate of drug-likeness (QED) is 0.710. The van der Waals surface area contributed by atoms with E-state index in [9.17, 15) is 22.0 Å². The van der Waals surface area contributed by atoms with Crippen LogP contribution < -0.4 is 4.31 Å². The van der Waals surface area contributed by atoms with Crippen molar-refractivity contribution in [1.82, 2.24) is 0 Å². The summed E-state index contributed by atoms with van der Waals surface area (Å²) in [5, 5.41) is 0.323. The fourth-order valence-electron chi connectivity index (χ4n) is 2.01. The molecule has 0 heterocycles. The number of hydrogen-bond donors (Lipinski definition) is 0. The van der Waals surface area contributed by atoms with Gasteiger partial charge >= 0.3 is 5.97 Å². The third-order valence-corrected chi connectivity index (χ3v) is 5.21. The Morgan fingerprint density at radius 3 is 2.32 bits per heavy atom. The molecule has 0 saturated heterocycles. The number of hydrogen-bond acceptors (Lipinski definition) is 4. The van der Waals surface area contributed by atoms with Crippen LogP contribution in [0.15, 0.2) is 47.4 Å². The molecular weight excluding hydrogens is 376 g/mol. The van der Waals surface area contributed by atoms with Gasteiger partial charge in [0.15, 0.2) is 11.6 Å². The van der Waals surface area contributed by atoms with E-state index in [0.717, 1.165) is 12.1 Å². The van der Waals surface area contributed by atoms with Crippen molar-refractivity contribution in [3.63, 3.8) is 0 Å². The predicted octanol–water partition coefficient (Wildman–Crippen LogP) is 3.38. The van der Waals surface area contributed by atoms with Gasteiger partial charge in [0.1, 0.15) is 6.54 Å². The molecule has 0 saturated carbocycles. The van der Waals surface area contributed by atoms with Gasteiger partial charge in [-0.15, -0.1) is 0 Å². The minimum absolute atomic E-state index is 0.0471. The first-order chi connectivity index (χ1) is 11.8. The van der Waals surface area contributed by atoms with Crippen LogP contribution in [0.25, 0.3) is 0 Å². The summed E-state index contributed by atoms with van der Waals surface area (Å²) >= 11 is 5.75. The first-order valence-electron chi connectivity index (χ1n) is 7.14. The van der Waals surface area contributed by atoms with Crippen molar-refractivity contribution in [3.8, 4) is 0 Å². The van der Waals surface area contributed by atoms with Crippen molar-refractivity contribution in [2.24, 2.45) is 0 Å². The molecule has 0 amide bonds. The highest BCUT2D eigenvalue weighted by atomic mass is 35.5. The largest absolute Gasteiger partial charge is 0.465 e. The van der Waals surface area contributed by atoms with Crippen molar-refractivity contribution in [2.75, 3.05) is 17.5 Å². The van der Waals surface area contributed by atoms with Crippen molar-refractivity contribution in [3.05, 3.63) is 59.1 Å². The summed E-state index contributed by atoms with van der Waals surface area (Å²) in [7, 11) is -4.23. The van der Waals surface area contributed by atoms with Crippen molar-refractivity contribution in [1.29, 1.82) is 0 Å². The van der Waals surface area contributed by atoms with E-state index in [0.29, 0.717) is 15.4 Å². The lowest BCUT2D eigenvalue weighted by molar-refractivity contribution is -0.141. The zero-order valence-electron chi connectivity index (χ0n) is 13.1. The van der Waals surface area contributed by atoms with Crippen molar-refractivity contribution >= 4 is 33.3 Å². The van der Waals surface area contributed by atoms with Gasteiger partial charge in [-0.1, -0.05) is 11.6 Å². The van der Waals surface area contributed by atoms with E-state index >= 15 is 0 Å². The Balaban J connectivity index is 2.51. The van der Waals surface area contributed by atoms with Crippen LogP contribution >= 0.6 is 11.6 Å². The number of anilines is 1. The van der Waals surface area contributed by atoms with Gasteiger partial charge in [-0.25, -0.2) is 17.2 Å². The van der Waals surface area contributed by atoms with Crippen molar-refractivity contribution in [2.45, 2.75) is 11.8 Å². The second-order valence-electron chi connectivity index (χ2n) is 4.87. The monoisotopic (exact) mass is 389 g/mol. The number of halogens is 3. The van der Waals surface area contributed by atoms with Crippen LogP contribution in [0.3, 0.4) is 0 Å². The summed E-state index contributed by atoms with van der Waals surface area (Å²) in [5.74, 6) is -3.20. The highest BCUT2D eigenvalue weighted by molar-refractivity contribution is 7.92. The molecule has 134 valence electrons. The normalized spacial score (nSPS) is 11.2. The molecule has 5 nitrogen and oxygen atoms in total. The van der Waals surface area contributed by atoms with Crippen LogP contribution in [0.5, 0.6) is 0 Å². The number of ether oxygens (including phenoxy) is 1. The van der Waals surface area contributed by atoms with E-state index in [4.69, 9.17) is 16.3 Å². The number of nitrogens with zero attached hydrogens (tertiary/aromatic N) is 1. The standard InChI is InChI=1S/C16H14ClF2NO4S/c1-2-24-16(21)10-20(12-5-8-14(18)15(19)9-12)25(22,23)13-6-3-11(17)4-7-13/h3-9H,2,10H2,1H3. The van der Waals surface area contributed by atoms with Gasteiger partial charge in [0, 0.05) is 11.1 Å². The molecule has 2 aromatic rings. The van der Waals surface area contributed by atoms with Gasteiger partial charge in [-0.3, -0.25) is 9.10 Å². The molecule has 2 rings (SSSR count). The van der Waals surface area contributed by atoms with Crippen LogP contribution in [0.1, 0.15) is 6.92 Å². The third kappa shape index (κ3) is 4.46. The molecule has 0 bridgehead atoms.